The molecule has 0 spiro atoms. The Morgan fingerprint density at radius 2 is 1.73 bits per heavy atom. The van der Waals surface area contributed by atoms with Crippen LogP contribution in [0, 0.1) is 0 Å². The summed E-state index contributed by atoms with van der Waals surface area (Å²) in [6, 6.07) is 9.70. The standard InChI is InChI=1S/C20H22N2O6S2/c1-26-8-7-22-17-6-5-16(30(4,24)25)12-18(17)29-20(22)21-19(23)13-9-14(27-2)11-15(10-13)28-3/h5-6,9-12H,7-8H2,1-4H3. The van der Waals surface area contributed by atoms with Crippen molar-refractivity contribution in [2.45, 2.75) is 11.4 Å². The summed E-state index contributed by atoms with van der Waals surface area (Å²) in [6.45, 7) is 0.871. The van der Waals surface area contributed by atoms with Crippen LogP contribution in [0.5, 0.6) is 11.5 Å². The number of sulfone groups is 1. The van der Waals surface area contributed by atoms with Crippen LogP contribution < -0.4 is 14.3 Å². The summed E-state index contributed by atoms with van der Waals surface area (Å²) in [6.07, 6.45) is 1.16. The van der Waals surface area contributed by atoms with Crippen molar-refractivity contribution in [2.75, 3.05) is 34.2 Å². The fourth-order valence-corrected chi connectivity index (χ4v) is 4.67. The van der Waals surface area contributed by atoms with Gasteiger partial charge in [-0.1, -0.05) is 11.3 Å². The molecule has 3 aromatic rings. The molecule has 0 fully saturated rings. The van der Waals surface area contributed by atoms with Gasteiger partial charge in [0.15, 0.2) is 14.6 Å². The van der Waals surface area contributed by atoms with Crippen molar-refractivity contribution in [1.82, 2.24) is 4.57 Å². The topological polar surface area (TPSA) is 96.2 Å². The van der Waals surface area contributed by atoms with Crippen LogP contribution in [0.1, 0.15) is 10.4 Å². The lowest BCUT2D eigenvalue weighted by molar-refractivity contribution is 0.0996. The maximum Gasteiger partial charge on any atom is 0.279 e. The number of thiazole rings is 1. The Morgan fingerprint density at radius 3 is 2.30 bits per heavy atom. The van der Waals surface area contributed by atoms with Gasteiger partial charge >= 0.3 is 0 Å². The van der Waals surface area contributed by atoms with Crippen molar-refractivity contribution in [3.63, 3.8) is 0 Å². The Hall–Kier alpha value is -2.69. The number of ether oxygens (including phenoxy) is 3. The molecule has 0 radical (unpaired) electrons. The van der Waals surface area contributed by atoms with E-state index in [2.05, 4.69) is 4.99 Å². The number of methoxy groups -OCH3 is 3. The molecule has 1 heterocycles. The third-order valence-corrected chi connectivity index (χ3v) is 6.55. The fourth-order valence-electron chi connectivity index (χ4n) is 2.85. The summed E-state index contributed by atoms with van der Waals surface area (Å²) in [5, 5.41) is 0. The zero-order valence-electron chi connectivity index (χ0n) is 17.0. The summed E-state index contributed by atoms with van der Waals surface area (Å²) in [5.41, 5.74) is 1.10. The molecule has 0 saturated carbocycles. The van der Waals surface area contributed by atoms with E-state index in [9.17, 15) is 13.2 Å². The smallest absolute Gasteiger partial charge is 0.279 e. The summed E-state index contributed by atoms with van der Waals surface area (Å²) < 4.78 is 42.0. The number of carbonyl (C=O) groups is 1. The Kier molecular flexibility index (Phi) is 6.59. The highest BCUT2D eigenvalue weighted by atomic mass is 32.2. The van der Waals surface area contributed by atoms with Crippen LogP contribution in [-0.2, 0) is 21.1 Å². The Labute approximate surface area is 178 Å². The maximum absolute atomic E-state index is 12.9. The predicted molar refractivity (Wildman–Crippen MR) is 114 cm³/mol. The highest BCUT2D eigenvalue weighted by Crippen LogP contribution is 2.24. The second-order valence-electron chi connectivity index (χ2n) is 6.45. The van der Waals surface area contributed by atoms with E-state index < -0.39 is 15.7 Å². The van der Waals surface area contributed by atoms with Crippen molar-refractivity contribution in [2.24, 2.45) is 4.99 Å². The number of amides is 1. The number of benzene rings is 2. The molecule has 0 aliphatic rings. The number of fused-ring (bicyclic) bond motifs is 1. The quantitative estimate of drug-likeness (QED) is 0.549. The number of nitrogens with zero attached hydrogens (tertiary/aromatic N) is 2. The molecule has 1 aromatic heterocycles. The van der Waals surface area contributed by atoms with Crippen LogP contribution in [0.3, 0.4) is 0 Å². The van der Waals surface area contributed by atoms with Crippen molar-refractivity contribution in [3.8, 4) is 11.5 Å². The molecule has 1 amide bonds. The highest BCUT2D eigenvalue weighted by Gasteiger charge is 2.14. The highest BCUT2D eigenvalue weighted by molar-refractivity contribution is 7.90. The zero-order chi connectivity index (χ0) is 21.9. The molecular formula is C20H22N2O6S2. The Bertz CT molecular complexity index is 1240. The molecule has 160 valence electrons. The van der Waals surface area contributed by atoms with Gasteiger partial charge < -0.3 is 18.8 Å². The monoisotopic (exact) mass is 450 g/mol. The molecule has 0 aliphatic heterocycles. The first-order chi connectivity index (χ1) is 14.3. The first kappa shape index (κ1) is 22.0. The molecule has 0 aliphatic carbocycles. The lowest BCUT2D eigenvalue weighted by atomic mass is 10.2. The second-order valence-corrected chi connectivity index (χ2v) is 9.47. The molecule has 2 aromatic carbocycles. The SMILES string of the molecule is COCCn1c(=NC(=O)c2cc(OC)cc(OC)c2)sc2cc(S(C)(=O)=O)ccc21. The van der Waals surface area contributed by atoms with E-state index in [-0.39, 0.29) is 4.90 Å². The van der Waals surface area contributed by atoms with E-state index >= 15 is 0 Å². The normalized spacial score (nSPS) is 12.3. The van der Waals surface area contributed by atoms with Crippen molar-refractivity contribution in [1.29, 1.82) is 0 Å². The van der Waals surface area contributed by atoms with Gasteiger partial charge in [0.2, 0.25) is 0 Å². The molecule has 0 N–H and O–H groups in total. The van der Waals surface area contributed by atoms with Crippen LogP contribution in [0.25, 0.3) is 10.2 Å². The average molecular weight is 451 g/mol. The van der Waals surface area contributed by atoms with Gasteiger partial charge in [0.25, 0.3) is 5.91 Å². The molecule has 8 nitrogen and oxygen atoms in total. The van der Waals surface area contributed by atoms with Gasteiger partial charge in [0, 0.05) is 31.5 Å². The van der Waals surface area contributed by atoms with Crippen LogP contribution >= 0.6 is 11.3 Å². The Balaban J connectivity index is 2.15. The van der Waals surface area contributed by atoms with E-state index in [0.29, 0.717) is 39.7 Å². The third-order valence-electron chi connectivity index (χ3n) is 4.40. The van der Waals surface area contributed by atoms with E-state index in [1.54, 1.807) is 43.5 Å². The van der Waals surface area contributed by atoms with Gasteiger partial charge in [-0.05, 0) is 30.3 Å². The van der Waals surface area contributed by atoms with Crippen molar-refractivity contribution < 1.29 is 27.4 Å². The van der Waals surface area contributed by atoms with Crippen molar-refractivity contribution in [3.05, 3.63) is 46.8 Å². The lowest BCUT2D eigenvalue weighted by Gasteiger charge is -2.06. The number of carbonyl (C=O) groups excluding carboxylic acids is 1. The number of hydrogen-bond donors (Lipinski definition) is 0. The first-order valence-corrected chi connectivity index (χ1v) is 11.6. The predicted octanol–water partition coefficient (Wildman–Crippen LogP) is 2.51. The van der Waals surface area contributed by atoms with Gasteiger partial charge in [0.05, 0.1) is 35.9 Å². The molecule has 3 rings (SSSR count). The van der Waals surface area contributed by atoms with Gasteiger partial charge in [-0.2, -0.15) is 4.99 Å². The van der Waals surface area contributed by atoms with E-state index in [1.807, 2.05) is 4.57 Å². The average Bonchev–Trinajstić information content (AvgIpc) is 3.07. The van der Waals surface area contributed by atoms with E-state index in [1.165, 1.54) is 25.6 Å². The molecular weight excluding hydrogens is 428 g/mol. The third kappa shape index (κ3) is 4.72. The molecule has 0 saturated heterocycles. The second kappa shape index (κ2) is 8.99. The van der Waals surface area contributed by atoms with E-state index in [4.69, 9.17) is 14.2 Å². The number of aromatic nitrogens is 1. The number of hydrogen-bond acceptors (Lipinski definition) is 7. The summed E-state index contributed by atoms with van der Waals surface area (Å²) in [7, 11) is 1.24. The Morgan fingerprint density at radius 1 is 1.07 bits per heavy atom. The van der Waals surface area contributed by atoms with Crippen LogP contribution in [0.4, 0.5) is 0 Å². The fraction of sp³-hybridized carbons (Fsp3) is 0.300. The van der Waals surface area contributed by atoms with E-state index in [0.717, 1.165) is 11.8 Å². The largest absolute Gasteiger partial charge is 0.497 e. The summed E-state index contributed by atoms with van der Waals surface area (Å²) in [5.74, 6) is 0.497. The summed E-state index contributed by atoms with van der Waals surface area (Å²) in [4.78, 5) is 17.8. The van der Waals surface area contributed by atoms with Crippen molar-refractivity contribution >= 4 is 37.3 Å². The van der Waals surface area contributed by atoms with Crippen LogP contribution in [0.15, 0.2) is 46.3 Å². The maximum atomic E-state index is 12.9. The summed E-state index contributed by atoms with van der Waals surface area (Å²) >= 11 is 1.24. The van der Waals surface area contributed by atoms with Crippen LogP contribution in [-0.4, -0.2) is 53.1 Å². The van der Waals surface area contributed by atoms with Gasteiger partial charge in [-0.25, -0.2) is 8.42 Å². The lowest BCUT2D eigenvalue weighted by Crippen LogP contribution is -2.19. The molecule has 30 heavy (non-hydrogen) atoms. The zero-order valence-corrected chi connectivity index (χ0v) is 18.7. The molecule has 0 unspecified atom stereocenters. The first-order valence-electron chi connectivity index (χ1n) is 8.91. The molecule has 0 bridgehead atoms. The minimum Gasteiger partial charge on any atom is -0.497 e. The van der Waals surface area contributed by atoms with Crippen LogP contribution in [0.2, 0.25) is 0 Å². The minimum atomic E-state index is -3.35. The molecule has 10 heteroatoms. The minimum absolute atomic E-state index is 0.213. The van der Waals surface area contributed by atoms with Gasteiger partial charge in [-0.15, -0.1) is 0 Å². The van der Waals surface area contributed by atoms with Gasteiger partial charge in [0.1, 0.15) is 11.5 Å². The number of rotatable bonds is 7. The molecule has 0 atom stereocenters. The van der Waals surface area contributed by atoms with Gasteiger partial charge in [-0.3, -0.25) is 4.79 Å².